The maximum absolute atomic E-state index is 2.54. The van der Waals surface area contributed by atoms with E-state index >= 15 is 0 Å². The quantitative estimate of drug-likeness (QED) is 0.178. The molecule has 0 N–H and O–H groups in total. The lowest BCUT2D eigenvalue weighted by Gasteiger charge is -2.39. The van der Waals surface area contributed by atoms with Crippen molar-refractivity contribution in [2.75, 3.05) is 4.90 Å². The van der Waals surface area contributed by atoms with Crippen LogP contribution in [0.15, 0.2) is 186 Å². The molecule has 0 fully saturated rings. The summed E-state index contributed by atoms with van der Waals surface area (Å²) in [6.45, 7) is 0. The normalized spacial score (nSPS) is 13.7. The van der Waals surface area contributed by atoms with E-state index in [2.05, 4.69) is 181 Å². The molecular weight excluding hydrogens is 699 g/mol. The number of hydrogen-bond acceptors (Lipinski definition) is 4. The van der Waals surface area contributed by atoms with Crippen molar-refractivity contribution >= 4 is 91.8 Å². The Kier molecular flexibility index (Phi) is 6.30. The van der Waals surface area contributed by atoms with E-state index in [4.69, 9.17) is 0 Å². The predicted octanol–water partition coefficient (Wildman–Crippen LogP) is 14.7. The molecule has 2 aliphatic rings. The van der Waals surface area contributed by atoms with E-state index in [1.165, 1.54) is 94.9 Å². The van der Waals surface area contributed by atoms with Crippen LogP contribution in [0.3, 0.4) is 0 Å². The van der Waals surface area contributed by atoms with Gasteiger partial charge in [-0.1, -0.05) is 127 Å². The third-order valence-corrected chi connectivity index (χ3v) is 14.8. The van der Waals surface area contributed by atoms with Gasteiger partial charge in [0.05, 0.1) is 21.5 Å². The number of para-hydroxylation sites is 1. The highest BCUT2D eigenvalue weighted by atomic mass is 32.2. The average molecular weight is 728 g/mol. The van der Waals surface area contributed by atoms with Gasteiger partial charge in [0.15, 0.2) is 0 Å². The first-order valence-electron chi connectivity index (χ1n) is 18.0. The summed E-state index contributed by atoms with van der Waals surface area (Å²) in [6, 6.07) is 65.7. The van der Waals surface area contributed by atoms with Crippen molar-refractivity contribution in [3.05, 3.63) is 198 Å². The van der Waals surface area contributed by atoms with Crippen LogP contribution in [0.1, 0.15) is 22.3 Å². The van der Waals surface area contributed by atoms with Crippen LogP contribution in [-0.4, -0.2) is 0 Å². The van der Waals surface area contributed by atoms with Crippen molar-refractivity contribution < 1.29 is 0 Å². The largest absolute Gasteiger partial charge is 0.308 e. The second-order valence-corrected chi connectivity index (χ2v) is 17.2. The van der Waals surface area contributed by atoms with Crippen LogP contribution in [0, 0.1) is 0 Å². The maximum atomic E-state index is 2.54. The van der Waals surface area contributed by atoms with Gasteiger partial charge in [0.2, 0.25) is 0 Å². The standard InChI is InChI=1S/C49H29NS3/c1-2-14-30(15-3-1)50(41-23-12-18-33-32-17-5-9-24-42(32)53-48(33)41)40-22-13-27-45-47(40)35-28-34-31-16-4-6-19-36(31)49(39(34)29-46(35)52-45)37-20-7-10-25-43(37)51-44-26-11-8-21-38(44)49/h1-29H. The van der Waals surface area contributed by atoms with Crippen LogP contribution in [0.25, 0.3) is 51.5 Å². The molecule has 0 saturated carbocycles. The second kappa shape index (κ2) is 11.2. The summed E-state index contributed by atoms with van der Waals surface area (Å²) >= 11 is 5.70. The molecule has 1 aliphatic carbocycles. The second-order valence-electron chi connectivity index (χ2n) is 14.0. The fourth-order valence-corrected chi connectivity index (χ4v) is 12.8. The molecule has 0 radical (unpaired) electrons. The van der Waals surface area contributed by atoms with Gasteiger partial charge in [-0.2, -0.15) is 0 Å². The number of benzene rings is 8. The molecule has 12 rings (SSSR count). The smallest absolute Gasteiger partial charge is 0.0735 e. The molecule has 248 valence electrons. The SMILES string of the molecule is c1ccc(N(c2cccc3c2sc2ccccc23)c2cccc3sc4cc5c(cc4c23)-c2ccccc2C52c3ccccc3Sc3ccccc32)cc1. The van der Waals surface area contributed by atoms with Crippen molar-refractivity contribution in [2.45, 2.75) is 15.2 Å². The molecule has 53 heavy (non-hydrogen) atoms. The Morgan fingerprint density at radius 2 is 1.04 bits per heavy atom. The van der Waals surface area contributed by atoms with Crippen molar-refractivity contribution in [3.63, 3.8) is 0 Å². The predicted molar refractivity (Wildman–Crippen MR) is 228 cm³/mol. The van der Waals surface area contributed by atoms with Gasteiger partial charge in [-0.25, -0.2) is 0 Å². The minimum atomic E-state index is -0.384. The number of nitrogens with zero attached hydrogens (tertiary/aromatic N) is 1. The van der Waals surface area contributed by atoms with Crippen LogP contribution < -0.4 is 4.90 Å². The zero-order valence-electron chi connectivity index (χ0n) is 28.4. The Morgan fingerprint density at radius 1 is 0.396 bits per heavy atom. The molecule has 1 aliphatic heterocycles. The molecule has 0 bridgehead atoms. The summed E-state index contributed by atoms with van der Waals surface area (Å²) in [4.78, 5) is 5.17. The van der Waals surface area contributed by atoms with Gasteiger partial charge < -0.3 is 4.90 Å². The van der Waals surface area contributed by atoms with Crippen LogP contribution in [-0.2, 0) is 5.41 Å². The van der Waals surface area contributed by atoms with Gasteiger partial charge in [0, 0.05) is 51.1 Å². The fraction of sp³-hybridized carbons (Fsp3) is 0.0204. The van der Waals surface area contributed by atoms with Gasteiger partial charge in [0.1, 0.15) is 0 Å². The lowest BCUT2D eigenvalue weighted by Crippen LogP contribution is -2.31. The number of hydrogen-bond donors (Lipinski definition) is 0. The lowest BCUT2D eigenvalue weighted by atomic mass is 9.67. The Morgan fingerprint density at radius 3 is 1.87 bits per heavy atom. The molecule has 0 atom stereocenters. The number of anilines is 3. The molecule has 10 aromatic rings. The summed E-state index contributed by atoms with van der Waals surface area (Å²) in [7, 11) is 0. The monoisotopic (exact) mass is 727 g/mol. The minimum absolute atomic E-state index is 0.384. The van der Waals surface area contributed by atoms with Crippen molar-refractivity contribution in [1.82, 2.24) is 0 Å². The molecule has 0 saturated heterocycles. The van der Waals surface area contributed by atoms with Gasteiger partial charge in [-0.15, -0.1) is 22.7 Å². The molecule has 8 aromatic carbocycles. The van der Waals surface area contributed by atoms with Gasteiger partial charge in [0.25, 0.3) is 0 Å². The van der Waals surface area contributed by atoms with Crippen LogP contribution in [0.2, 0.25) is 0 Å². The third-order valence-electron chi connectivity index (χ3n) is 11.3. The van der Waals surface area contributed by atoms with E-state index in [9.17, 15) is 0 Å². The summed E-state index contributed by atoms with van der Waals surface area (Å²) < 4.78 is 5.24. The van der Waals surface area contributed by atoms with E-state index in [1.807, 2.05) is 34.4 Å². The molecule has 2 aromatic heterocycles. The summed E-state index contributed by atoms with van der Waals surface area (Å²) in [5.41, 5.74) is 11.4. The zero-order chi connectivity index (χ0) is 34.7. The maximum Gasteiger partial charge on any atom is 0.0735 e. The Bertz CT molecular complexity index is 3070. The average Bonchev–Trinajstić information content (AvgIpc) is 3.87. The van der Waals surface area contributed by atoms with Crippen molar-refractivity contribution in [1.29, 1.82) is 0 Å². The highest BCUT2D eigenvalue weighted by molar-refractivity contribution is 7.99. The van der Waals surface area contributed by atoms with Crippen LogP contribution >= 0.6 is 34.4 Å². The Hall–Kier alpha value is -5.65. The summed E-state index contributed by atoms with van der Waals surface area (Å²) in [5.74, 6) is 0. The third kappa shape index (κ3) is 4.03. The molecule has 4 heteroatoms. The Labute approximate surface area is 319 Å². The van der Waals surface area contributed by atoms with E-state index < -0.39 is 0 Å². The minimum Gasteiger partial charge on any atom is -0.308 e. The summed E-state index contributed by atoms with van der Waals surface area (Å²) in [6.07, 6.45) is 0. The Balaban J connectivity index is 1.17. The first-order valence-corrected chi connectivity index (χ1v) is 20.5. The summed E-state index contributed by atoms with van der Waals surface area (Å²) in [5, 5.41) is 5.23. The van der Waals surface area contributed by atoms with E-state index in [0.717, 1.165) is 5.69 Å². The van der Waals surface area contributed by atoms with Gasteiger partial charge in [-0.3, -0.25) is 0 Å². The van der Waals surface area contributed by atoms with E-state index in [1.54, 1.807) is 0 Å². The first-order chi connectivity index (χ1) is 26.3. The van der Waals surface area contributed by atoms with Crippen LogP contribution in [0.4, 0.5) is 17.1 Å². The molecule has 0 unspecified atom stereocenters. The first kappa shape index (κ1) is 29.9. The van der Waals surface area contributed by atoms with Gasteiger partial charge in [-0.05, 0) is 94.0 Å². The number of fused-ring (bicyclic) bond motifs is 15. The molecule has 1 nitrogen and oxygen atoms in total. The number of rotatable bonds is 3. The fourth-order valence-electron chi connectivity index (χ4n) is 9.23. The van der Waals surface area contributed by atoms with Crippen molar-refractivity contribution in [2.24, 2.45) is 0 Å². The number of thiophene rings is 2. The van der Waals surface area contributed by atoms with E-state index in [0.29, 0.717) is 0 Å². The van der Waals surface area contributed by atoms with Crippen LogP contribution in [0.5, 0.6) is 0 Å². The highest BCUT2D eigenvalue weighted by Gasteiger charge is 2.50. The highest BCUT2D eigenvalue weighted by Crippen LogP contribution is 2.63. The molecular formula is C49H29NS3. The topological polar surface area (TPSA) is 3.24 Å². The molecule has 3 heterocycles. The van der Waals surface area contributed by atoms with E-state index in [-0.39, 0.29) is 5.41 Å². The lowest BCUT2D eigenvalue weighted by molar-refractivity contribution is 0.723. The molecule has 1 spiro atoms. The van der Waals surface area contributed by atoms with Crippen molar-refractivity contribution in [3.8, 4) is 11.1 Å². The zero-order valence-corrected chi connectivity index (χ0v) is 30.9. The molecule has 0 amide bonds. The van der Waals surface area contributed by atoms with Gasteiger partial charge >= 0.3 is 0 Å².